The van der Waals surface area contributed by atoms with Crippen molar-refractivity contribution in [1.82, 2.24) is 19.5 Å². The van der Waals surface area contributed by atoms with Gasteiger partial charge in [-0.1, -0.05) is 38.3 Å². The maximum atomic E-state index is 12.6. The van der Waals surface area contributed by atoms with Gasteiger partial charge >= 0.3 is 0 Å². The molecular formula is C30H32ClIN4O5. The summed E-state index contributed by atoms with van der Waals surface area (Å²) in [5, 5.41) is 1.28. The second-order valence-corrected chi connectivity index (χ2v) is 10.9. The normalized spacial score (nSPS) is 10.9. The van der Waals surface area contributed by atoms with Gasteiger partial charge in [0.1, 0.15) is 11.4 Å². The first-order valence-corrected chi connectivity index (χ1v) is 14.7. The molecule has 0 aliphatic carbocycles. The van der Waals surface area contributed by atoms with Crippen LogP contribution in [0, 0.1) is 10.5 Å². The van der Waals surface area contributed by atoms with Gasteiger partial charge in [0, 0.05) is 8.59 Å². The summed E-state index contributed by atoms with van der Waals surface area (Å²) >= 11 is 8.20. The fourth-order valence-corrected chi connectivity index (χ4v) is 4.86. The molecule has 41 heavy (non-hydrogen) atoms. The molecule has 0 amide bonds. The number of methoxy groups -OCH3 is 2. The lowest BCUT2D eigenvalue weighted by Gasteiger charge is -2.10. The van der Waals surface area contributed by atoms with E-state index in [1.807, 2.05) is 42.7 Å². The zero-order valence-electron chi connectivity index (χ0n) is 23.7. The fourth-order valence-electron chi connectivity index (χ4n) is 4.20. The third-order valence-corrected chi connectivity index (χ3v) is 7.12. The van der Waals surface area contributed by atoms with Crippen molar-refractivity contribution < 1.29 is 18.6 Å². The average molecular weight is 691 g/mol. The topological polar surface area (TPSA) is 102 Å². The van der Waals surface area contributed by atoms with Crippen LogP contribution in [0.5, 0.6) is 17.7 Å². The molecule has 0 radical (unpaired) electrons. The minimum absolute atomic E-state index is 0.0399. The maximum Gasteiger partial charge on any atom is 0.292 e. The summed E-state index contributed by atoms with van der Waals surface area (Å²) in [7, 11) is 3.09. The molecule has 0 saturated heterocycles. The largest absolute Gasteiger partial charge is 0.481 e. The molecule has 3 aromatic heterocycles. The molecule has 3 heterocycles. The van der Waals surface area contributed by atoms with Crippen LogP contribution in [0.4, 0.5) is 0 Å². The van der Waals surface area contributed by atoms with Crippen molar-refractivity contribution in [2.24, 2.45) is 0 Å². The van der Waals surface area contributed by atoms with Gasteiger partial charge in [-0.2, -0.15) is 9.97 Å². The highest BCUT2D eigenvalue weighted by atomic mass is 127. The first kappa shape index (κ1) is 30.6. The Bertz CT molecular complexity index is 1700. The number of benzene rings is 2. The molecule has 2 aromatic carbocycles. The Morgan fingerprint density at radius 2 is 1.71 bits per heavy atom. The number of unbranched alkanes of at least 4 members (excludes halogenated alkanes) is 1. The van der Waals surface area contributed by atoms with Crippen molar-refractivity contribution in [3.63, 3.8) is 0 Å². The number of rotatable bonds is 9. The van der Waals surface area contributed by atoms with E-state index in [-0.39, 0.29) is 5.43 Å². The first-order valence-electron chi connectivity index (χ1n) is 13.3. The van der Waals surface area contributed by atoms with Gasteiger partial charge in [-0.05, 0) is 78.8 Å². The molecule has 9 nitrogen and oxygen atoms in total. The van der Waals surface area contributed by atoms with Crippen molar-refractivity contribution in [2.45, 2.75) is 46.5 Å². The Hall–Kier alpha value is -3.38. The lowest BCUT2D eigenvalue weighted by Crippen LogP contribution is -2.12. The van der Waals surface area contributed by atoms with E-state index in [4.69, 9.17) is 30.2 Å². The number of ether oxygens (including phenoxy) is 3. The number of aromatic nitrogens is 4. The lowest BCUT2D eigenvalue weighted by atomic mass is 10.1. The minimum Gasteiger partial charge on any atom is -0.481 e. The third kappa shape index (κ3) is 7.10. The smallest absolute Gasteiger partial charge is 0.292 e. The highest BCUT2D eigenvalue weighted by molar-refractivity contribution is 14.1. The number of fused-ring (bicyclic) bond motifs is 2. The number of aryl methyl sites for hydroxylation is 1. The van der Waals surface area contributed by atoms with Crippen molar-refractivity contribution in [3.05, 3.63) is 72.7 Å². The monoisotopic (exact) mass is 690 g/mol. The summed E-state index contributed by atoms with van der Waals surface area (Å²) in [6, 6.07) is 12.7. The van der Waals surface area contributed by atoms with E-state index >= 15 is 0 Å². The highest BCUT2D eigenvalue weighted by Crippen LogP contribution is 2.26. The third-order valence-electron chi connectivity index (χ3n) is 6.21. The molecule has 5 aromatic rings. The number of hydrogen-bond acceptors (Lipinski definition) is 8. The van der Waals surface area contributed by atoms with Gasteiger partial charge in [-0.3, -0.25) is 9.36 Å². The molecular weight excluding hydrogens is 659 g/mol. The van der Waals surface area contributed by atoms with Crippen LogP contribution in [-0.4, -0.2) is 40.3 Å². The van der Waals surface area contributed by atoms with E-state index in [0.717, 1.165) is 39.7 Å². The average Bonchev–Trinajstić information content (AvgIpc) is 3.30. The van der Waals surface area contributed by atoms with Gasteiger partial charge in [-0.15, -0.1) is 0 Å². The van der Waals surface area contributed by atoms with Gasteiger partial charge in [0.25, 0.3) is 5.95 Å². The van der Waals surface area contributed by atoms with Gasteiger partial charge in [0.05, 0.1) is 48.9 Å². The number of nitrogens with zero attached hydrogens (tertiary/aromatic N) is 4. The standard InChI is InChI=1S/C16H19IO3.C14H13ClN4O2/c1-3-5-9-19-16-12(6-4-2)15(18)13-10-11(17)7-8-14(13)20-16;1-8-16-10-6-9(15)4-5-11(10)19(8)14-17-12(20-2)7-13(18-14)21-3/h7-8,10H,3-6,9H2,1-2H3;4-7H,1-3H3. The second kappa shape index (κ2) is 14.0. The summed E-state index contributed by atoms with van der Waals surface area (Å²) in [5.41, 5.74) is 2.95. The SMILES string of the molecule is CCCCOc1oc2ccc(I)cc2c(=O)c1CCC.COc1cc(OC)nc(-n2c(C)nc3cc(Cl)ccc32)n1. The van der Waals surface area contributed by atoms with E-state index in [2.05, 4.69) is 44.5 Å². The van der Waals surface area contributed by atoms with Gasteiger partial charge in [0.15, 0.2) is 5.43 Å². The lowest BCUT2D eigenvalue weighted by molar-refractivity contribution is 0.237. The summed E-state index contributed by atoms with van der Waals surface area (Å²) in [4.78, 5) is 25.8. The van der Waals surface area contributed by atoms with Crippen LogP contribution in [-0.2, 0) is 6.42 Å². The van der Waals surface area contributed by atoms with Crippen molar-refractivity contribution >= 4 is 56.2 Å². The molecule has 0 fully saturated rings. The maximum absolute atomic E-state index is 12.6. The van der Waals surface area contributed by atoms with Crippen LogP contribution in [0.15, 0.2) is 51.7 Å². The van der Waals surface area contributed by atoms with Gasteiger partial charge < -0.3 is 18.6 Å². The summed E-state index contributed by atoms with van der Waals surface area (Å²) in [6.45, 7) is 6.62. The molecule has 0 saturated carbocycles. The Balaban J connectivity index is 0.000000189. The van der Waals surface area contributed by atoms with Crippen molar-refractivity contribution in [3.8, 4) is 23.7 Å². The molecule has 0 aliphatic heterocycles. The Morgan fingerprint density at radius 1 is 0.976 bits per heavy atom. The van der Waals surface area contributed by atoms with Crippen molar-refractivity contribution in [1.29, 1.82) is 0 Å². The zero-order chi connectivity index (χ0) is 29.5. The number of hydrogen-bond donors (Lipinski definition) is 0. The molecule has 0 aliphatic rings. The van der Waals surface area contributed by atoms with E-state index < -0.39 is 0 Å². The van der Waals surface area contributed by atoms with Crippen LogP contribution in [0.1, 0.15) is 44.5 Å². The number of imidazole rings is 1. The Labute approximate surface area is 257 Å². The highest BCUT2D eigenvalue weighted by Gasteiger charge is 2.16. The molecule has 216 valence electrons. The Morgan fingerprint density at radius 3 is 2.37 bits per heavy atom. The predicted molar refractivity (Wildman–Crippen MR) is 169 cm³/mol. The molecule has 0 unspecified atom stereocenters. The van der Waals surface area contributed by atoms with Gasteiger partial charge in [-0.25, -0.2) is 4.98 Å². The van der Waals surface area contributed by atoms with E-state index in [0.29, 0.717) is 58.2 Å². The summed E-state index contributed by atoms with van der Waals surface area (Å²) in [5.74, 6) is 2.44. The minimum atomic E-state index is 0.0399. The molecule has 0 N–H and O–H groups in total. The molecule has 0 atom stereocenters. The van der Waals surface area contributed by atoms with Crippen LogP contribution in [0.2, 0.25) is 5.02 Å². The molecule has 0 bridgehead atoms. The Kier molecular flexibility index (Phi) is 10.4. The molecule has 11 heteroatoms. The number of halogens is 2. The van der Waals surface area contributed by atoms with E-state index in [1.54, 1.807) is 32.4 Å². The van der Waals surface area contributed by atoms with Crippen LogP contribution < -0.4 is 19.6 Å². The summed E-state index contributed by atoms with van der Waals surface area (Å²) in [6.07, 6.45) is 3.59. The fraction of sp³-hybridized carbons (Fsp3) is 0.333. The van der Waals surface area contributed by atoms with Crippen LogP contribution >= 0.6 is 34.2 Å². The zero-order valence-corrected chi connectivity index (χ0v) is 26.6. The first-order chi connectivity index (χ1) is 19.8. The van der Waals surface area contributed by atoms with Crippen molar-refractivity contribution in [2.75, 3.05) is 20.8 Å². The molecule has 5 rings (SSSR count). The quantitative estimate of drug-likeness (QED) is 0.117. The van der Waals surface area contributed by atoms with Gasteiger partial charge in [0.2, 0.25) is 17.7 Å². The van der Waals surface area contributed by atoms with E-state index in [9.17, 15) is 4.79 Å². The van der Waals surface area contributed by atoms with Crippen LogP contribution in [0.25, 0.3) is 28.0 Å². The predicted octanol–water partition coefficient (Wildman–Crippen LogP) is 7.32. The second-order valence-electron chi connectivity index (χ2n) is 9.17. The summed E-state index contributed by atoms with van der Waals surface area (Å²) < 4.78 is 24.7. The van der Waals surface area contributed by atoms with Crippen LogP contribution in [0.3, 0.4) is 0 Å². The van der Waals surface area contributed by atoms with E-state index in [1.165, 1.54) is 0 Å². The molecule has 0 spiro atoms.